The van der Waals surface area contributed by atoms with Crippen LogP contribution in [0.25, 0.3) is 0 Å². The molecule has 3 heterocycles. The SMILES string of the molecule is Cl.O=C(c1ccc(OCC(F)(F)F)nc1)N1CCC(N2CCNCC2)C1. The average Bonchev–Trinajstić information content (AvgIpc) is 3.10. The van der Waals surface area contributed by atoms with Crippen LogP contribution in [0.3, 0.4) is 0 Å². The van der Waals surface area contributed by atoms with Gasteiger partial charge in [0.2, 0.25) is 5.88 Å². The van der Waals surface area contributed by atoms with Gasteiger partial charge in [-0.25, -0.2) is 4.98 Å². The van der Waals surface area contributed by atoms with E-state index in [2.05, 4.69) is 19.9 Å². The van der Waals surface area contributed by atoms with Crippen LogP contribution in [0.15, 0.2) is 18.3 Å². The summed E-state index contributed by atoms with van der Waals surface area (Å²) < 4.78 is 40.9. The number of piperazine rings is 1. The van der Waals surface area contributed by atoms with Crippen molar-refractivity contribution in [1.82, 2.24) is 20.1 Å². The summed E-state index contributed by atoms with van der Waals surface area (Å²) in [5.41, 5.74) is 0.361. The Bertz CT molecular complexity index is 594. The molecule has 0 bridgehead atoms. The summed E-state index contributed by atoms with van der Waals surface area (Å²) in [5, 5.41) is 3.31. The van der Waals surface area contributed by atoms with Crippen LogP contribution >= 0.6 is 12.4 Å². The molecule has 2 aliphatic rings. The molecule has 146 valence electrons. The van der Waals surface area contributed by atoms with Crippen molar-refractivity contribution in [2.24, 2.45) is 0 Å². The van der Waals surface area contributed by atoms with Crippen molar-refractivity contribution in [2.75, 3.05) is 45.9 Å². The summed E-state index contributed by atoms with van der Waals surface area (Å²) in [5.74, 6) is -0.290. The lowest BCUT2D eigenvalue weighted by Gasteiger charge is -2.32. The number of nitrogens with one attached hydrogen (secondary N) is 1. The molecule has 1 amide bonds. The topological polar surface area (TPSA) is 57.7 Å². The Kier molecular flexibility index (Phi) is 7.08. The Hall–Kier alpha value is -1.58. The number of hydrogen-bond donors (Lipinski definition) is 1. The maximum absolute atomic E-state index is 12.5. The first kappa shape index (κ1) is 20.7. The van der Waals surface area contributed by atoms with Crippen LogP contribution in [0.1, 0.15) is 16.8 Å². The first-order valence-electron chi connectivity index (χ1n) is 8.32. The Morgan fingerprint density at radius 1 is 1.27 bits per heavy atom. The number of carbonyl (C=O) groups excluding carboxylic acids is 1. The second-order valence-corrected chi connectivity index (χ2v) is 6.27. The third-order valence-corrected chi connectivity index (χ3v) is 4.49. The summed E-state index contributed by atoms with van der Waals surface area (Å²) in [6, 6.07) is 3.12. The standard InChI is InChI=1S/C16H21F3N4O2.ClH/c17-16(18,19)11-25-14-2-1-12(9-21-14)15(24)23-6-3-13(10-23)22-7-4-20-5-8-22;/h1-2,9,13,20H,3-8,10-11H2;1H. The first-order valence-corrected chi connectivity index (χ1v) is 8.32. The van der Waals surface area contributed by atoms with Crippen molar-refractivity contribution >= 4 is 18.3 Å². The van der Waals surface area contributed by atoms with E-state index in [0.29, 0.717) is 24.7 Å². The number of likely N-dealkylation sites (tertiary alicyclic amines) is 1. The predicted octanol–water partition coefficient (Wildman–Crippen LogP) is 1.56. The monoisotopic (exact) mass is 394 g/mol. The number of aromatic nitrogens is 1. The number of alkyl halides is 3. The molecule has 2 fully saturated rings. The molecule has 0 aromatic carbocycles. The predicted molar refractivity (Wildman–Crippen MR) is 91.8 cm³/mol. The number of rotatable bonds is 4. The van der Waals surface area contributed by atoms with Gasteiger partial charge in [0.05, 0.1) is 5.56 Å². The molecular weight excluding hydrogens is 373 g/mol. The van der Waals surface area contributed by atoms with E-state index in [4.69, 9.17) is 0 Å². The fraction of sp³-hybridized carbons (Fsp3) is 0.625. The highest BCUT2D eigenvalue weighted by molar-refractivity contribution is 5.94. The highest BCUT2D eigenvalue weighted by atomic mass is 35.5. The molecule has 0 saturated carbocycles. The zero-order valence-electron chi connectivity index (χ0n) is 14.2. The van der Waals surface area contributed by atoms with Crippen LogP contribution in [-0.2, 0) is 0 Å². The van der Waals surface area contributed by atoms with Gasteiger partial charge in [-0.2, -0.15) is 13.2 Å². The van der Waals surface area contributed by atoms with Gasteiger partial charge >= 0.3 is 6.18 Å². The maximum atomic E-state index is 12.5. The lowest BCUT2D eigenvalue weighted by atomic mass is 10.2. The Morgan fingerprint density at radius 2 is 2.00 bits per heavy atom. The third kappa shape index (κ3) is 5.46. The van der Waals surface area contributed by atoms with Gasteiger partial charge in [0, 0.05) is 57.6 Å². The Morgan fingerprint density at radius 3 is 2.62 bits per heavy atom. The van der Waals surface area contributed by atoms with E-state index < -0.39 is 12.8 Å². The zero-order valence-corrected chi connectivity index (χ0v) is 15.0. The molecule has 10 heteroatoms. The molecule has 1 aromatic heterocycles. The van der Waals surface area contributed by atoms with Gasteiger partial charge in [-0.05, 0) is 12.5 Å². The quantitative estimate of drug-likeness (QED) is 0.840. The average molecular weight is 395 g/mol. The minimum absolute atomic E-state index is 0. The molecule has 26 heavy (non-hydrogen) atoms. The van der Waals surface area contributed by atoms with E-state index >= 15 is 0 Å². The third-order valence-electron chi connectivity index (χ3n) is 4.49. The van der Waals surface area contributed by atoms with Crippen LogP contribution < -0.4 is 10.1 Å². The summed E-state index contributed by atoms with van der Waals surface area (Å²) in [6.07, 6.45) is -2.21. The number of nitrogens with zero attached hydrogens (tertiary/aromatic N) is 3. The summed E-state index contributed by atoms with van der Waals surface area (Å²) >= 11 is 0. The van der Waals surface area contributed by atoms with Gasteiger partial charge in [-0.3, -0.25) is 9.69 Å². The molecular formula is C16H22ClF3N4O2. The van der Waals surface area contributed by atoms with Crippen LogP contribution in [-0.4, -0.2) is 78.8 Å². The van der Waals surface area contributed by atoms with Crippen LogP contribution in [0.5, 0.6) is 5.88 Å². The molecule has 2 saturated heterocycles. The second kappa shape index (κ2) is 8.88. The van der Waals surface area contributed by atoms with Gasteiger partial charge in [0.25, 0.3) is 5.91 Å². The van der Waals surface area contributed by atoms with E-state index in [1.165, 1.54) is 18.3 Å². The van der Waals surface area contributed by atoms with Crippen molar-refractivity contribution in [1.29, 1.82) is 0 Å². The minimum Gasteiger partial charge on any atom is -0.468 e. The van der Waals surface area contributed by atoms with Gasteiger partial charge in [0.1, 0.15) is 0 Å². The van der Waals surface area contributed by atoms with E-state index in [1.54, 1.807) is 4.90 Å². The summed E-state index contributed by atoms with van der Waals surface area (Å²) in [6.45, 7) is 3.86. The normalized spacial score (nSPS) is 21.3. The number of hydrogen-bond acceptors (Lipinski definition) is 5. The van der Waals surface area contributed by atoms with E-state index in [1.807, 2.05) is 0 Å². The lowest BCUT2D eigenvalue weighted by molar-refractivity contribution is -0.154. The number of amides is 1. The van der Waals surface area contributed by atoms with E-state index in [9.17, 15) is 18.0 Å². The molecule has 1 N–H and O–H groups in total. The number of pyridine rings is 1. The highest BCUT2D eigenvalue weighted by Crippen LogP contribution is 2.20. The molecule has 2 aliphatic heterocycles. The molecule has 6 nitrogen and oxygen atoms in total. The Labute approximate surface area is 156 Å². The molecule has 3 rings (SSSR count). The second-order valence-electron chi connectivity index (χ2n) is 6.27. The van der Waals surface area contributed by atoms with Crippen molar-refractivity contribution in [3.63, 3.8) is 0 Å². The van der Waals surface area contributed by atoms with Crippen LogP contribution in [0.2, 0.25) is 0 Å². The molecule has 0 spiro atoms. The fourth-order valence-corrected chi connectivity index (χ4v) is 3.20. The fourth-order valence-electron chi connectivity index (χ4n) is 3.20. The van der Waals surface area contributed by atoms with Crippen LogP contribution in [0, 0.1) is 0 Å². The molecule has 0 radical (unpaired) electrons. The van der Waals surface area contributed by atoms with Crippen LogP contribution in [0.4, 0.5) is 13.2 Å². The zero-order chi connectivity index (χ0) is 17.9. The maximum Gasteiger partial charge on any atom is 0.422 e. The number of ether oxygens (including phenoxy) is 1. The van der Waals surface area contributed by atoms with Gasteiger partial charge in [-0.15, -0.1) is 12.4 Å². The number of carbonyl (C=O) groups is 1. The highest BCUT2D eigenvalue weighted by Gasteiger charge is 2.32. The molecule has 1 unspecified atom stereocenters. The van der Waals surface area contributed by atoms with E-state index in [0.717, 1.165) is 32.6 Å². The smallest absolute Gasteiger partial charge is 0.422 e. The van der Waals surface area contributed by atoms with Gasteiger partial charge in [-0.1, -0.05) is 0 Å². The molecule has 0 aliphatic carbocycles. The molecule has 1 aromatic rings. The first-order chi connectivity index (χ1) is 11.9. The van der Waals surface area contributed by atoms with Gasteiger partial charge < -0.3 is 15.0 Å². The summed E-state index contributed by atoms with van der Waals surface area (Å²) in [4.78, 5) is 20.5. The summed E-state index contributed by atoms with van der Waals surface area (Å²) in [7, 11) is 0. The van der Waals surface area contributed by atoms with Crippen molar-refractivity contribution in [3.05, 3.63) is 23.9 Å². The largest absolute Gasteiger partial charge is 0.468 e. The number of halogens is 4. The van der Waals surface area contributed by atoms with Crippen molar-refractivity contribution in [2.45, 2.75) is 18.6 Å². The molecule has 1 atom stereocenters. The minimum atomic E-state index is -4.41. The lowest BCUT2D eigenvalue weighted by Crippen LogP contribution is -2.49. The van der Waals surface area contributed by atoms with E-state index in [-0.39, 0.29) is 24.2 Å². The van der Waals surface area contributed by atoms with Gasteiger partial charge in [0.15, 0.2) is 6.61 Å². The Balaban J connectivity index is 0.00000243. The van der Waals surface area contributed by atoms with Crippen molar-refractivity contribution < 1.29 is 22.7 Å². The van der Waals surface area contributed by atoms with Crippen molar-refractivity contribution in [3.8, 4) is 5.88 Å².